The summed E-state index contributed by atoms with van der Waals surface area (Å²) < 4.78 is 5.96. The maximum atomic E-state index is 12.9. The van der Waals surface area contributed by atoms with Crippen molar-refractivity contribution in [1.82, 2.24) is 4.98 Å². The zero-order valence-corrected chi connectivity index (χ0v) is 16.1. The molecule has 0 saturated carbocycles. The number of fused-ring (bicyclic) bond motifs is 3. The van der Waals surface area contributed by atoms with Crippen LogP contribution >= 0.6 is 11.3 Å². The van der Waals surface area contributed by atoms with Crippen LogP contribution in [0.2, 0.25) is 0 Å². The van der Waals surface area contributed by atoms with Gasteiger partial charge in [-0.25, -0.2) is 9.78 Å². The summed E-state index contributed by atoms with van der Waals surface area (Å²) in [4.78, 5) is 18.5. The lowest BCUT2D eigenvalue weighted by Crippen LogP contribution is -2.10. The van der Waals surface area contributed by atoms with E-state index in [1.807, 2.05) is 73.7 Å². The van der Waals surface area contributed by atoms with Crippen LogP contribution in [-0.2, 0) is 4.74 Å². The summed E-state index contributed by atoms with van der Waals surface area (Å²) in [5, 5.41) is 0.387. The minimum Gasteiger partial charge on any atom is -0.447 e. The molecule has 4 aromatic rings. The van der Waals surface area contributed by atoms with Crippen LogP contribution in [0.1, 0.15) is 31.9 Å². The Morgan fingerprint density at radius 1 is 0.857 bits per heavy atom. The van der Waals surface area contributed by atoms with Crippen LogP contribution in [0.3, 0.4) is 0 Å². The Kier molecular flexibility index (Phi) is 4.06. The van der Waals surface area contributed by atoms with E-state index < -0.39 is 6.10 Å². The van der Waals surface area contributed by atoms with Gasteiger partial charge in [0.15, 0.2) is 6.10 Å². The number of ether oxygens (including phenoxy) is 1. The predicted octanol–water partition coefficient (Wildman–Crippen LogP) is 6.05. The molecule has 0 amide bonds. The van der Waals surface area contributed by atoms with Crippen LogP contribution in [0.15, 0.2) is 78.9 Å². The standard InChI is InChI=1S/C24H17NO2S/c1-15-21(16-9-3-2-4-10-16)25-23(28-15)24(26)27-22-19-13-7-5-11-17(19)18-12-6-8-14-20(18)22/h2-14,22H,1H3. The van der Waals surface area contributed by atoms with Gasteiger partial charge in [0.05, 0.1) is 5.69 Å². The summed E-state index contributed by atoms with van der Waals surface area (Å²) in [6, 6.07) is 26.1. The number of carbonyl (C=O) groups excluding carboxylic acids is 1. The Labute approximate surface area is 167 Å². The van der Waals surface area contributed by atoms with Crippen molar-refractivity contribution in [3.63, 3.8) is 0 Å². The van der Waals surface area contributed by atoms with Crippen molar-refractivity contribution in [2.45, 2.75) is 13.0 Å². The summed E-state index contributed by atoms with van der Waals surface area (Å²) in [5.74, 6) is -0.383. The number of nitrogens with zero attached hydrogens (tertiary/aromatic N) is 1. The fourth-order valence-electron chi connectivity index (χ4n) is 3.74. The molecule has 1 aliphatic rings. The highest BCUT2D eigenvalue weighted by atomic mass is 32.1. The van der Waals surface area contributed by atoms with Crippen LogP contribution in [0, 0.1) is 6.92 Å². The van der Waals surface area contributed by atoms with Gasteiger partial charge in [-0.1, -0.05) is 78.9 Å². The minimum absolute atomic E-state index is 0.383. The quantitative estimate of drug-likeness (QED) is 0.405. The van der Waals surface area contributed by atoms with Crippen LogP contribution in [0.4, 0.5) is 0 Å². The van der Waals surface area contributed by atoms with Gasteiger partial charge in [0.1, 0.15) is 0 Å². The lowest BCUT2D eigenvalue weighted by atomic mass is 10.1. The zero-order chi connectivity index (χ0) is 19.1. The molecular formula is C24H17NO2S. The predicted molar refractivity (Wildman–Crippen MR) is 111 cm³/mol. The van der Waals surface area contributed by atoms with Gasteiger partial charge in [-0.15, -0.1) is 11.3 Å². The number of benzene rings is 3. The highest BCUT2D eigenvalue weighted by Gasteiger charge is 2.32. The molecule has 0 fully saturated rings. The smallest absolute Gasteiger partial charge is 0.368 e. The number of hydrogen-bond donors (Lipinski definition) is 0. The Morgan fingerprint density at radius 2 is 1.43 bits per heavy atom. The topological polar surface area (TPSA) is 39.2 Å². The third kappa shape index (κ3) is 2.74. The molecule has 0 unspecified atom stereocenters. The number of hydrogen-bond acceptors (Lipinski definition) is 4. The molecule has 0 radical (unpaired) electrons. The summed E-state index contributed by atoms with van der Waals surface area (Å²) in [6.07, 6.45) is -0.399. The Bertz CT molecular complexity index is 1130. The Hall–Kier alpha value is -3.24. The van der Waals surface area contributed by atoms with Crippen molar-refractivity contribution in [2.75, 3.05) is 0 Å². The number of rotatable bonds is 3. The van der Waals surface area contributed by atoms with E-state index in [0.717, 1.165) is 38.4 Å². The van der Waals surface area contributed by atoms with Crippen LogP contribution in [0.25, 0.3) is 22.4 Å². The molecule has 28 heavy (non-hydrogen) atoms. The van der Waals surface area contributed by atoms with Gasteiger partial charge < -0.3 is 4.74 Å². The molecule has 3 aromatic carbocycles. The third-order valence-electron chi connectivity index (χ3n) is 5.02. The van der Waals surface area contributed by atoms with Gasteiger partial charge in [0.25, 0.3) is 0 Å². The second kappa shape index (κ2) is 6.73. The zero-order valence-electron chi connectivity index (χ0n) is 15.3. The van der Waals surface area contributed by atoms with Gasteiger partial charge in [-0.2, -0.15) is 0 Å². The molecule has 0 spiro atoms. The molecule has 0 bridgehead atoms. The molecule has 0 aliphatic heterocycles. The van der Waals surface area contributed by atoms with Crippen molar-refractivity contribution in [1.29, 1.82) is 0 Å². The van der Waals surface area contributed by atoms with E-state index in [4.69, 9.17) is 4.74 Å². The van der Waals surface area contributed by atoms with Crippen molar-refractivity contribution >= 4 is 17.3 Å². The fraction of sp³-hybridized carbons (Fsp3) is 0.0833. The van der Waals surface area contributed by atoms with Crippen molar-refractivity contribution in [3.05, 3.63) is 99.9 Å². The average molecular weight is 383 g/mol. The molecule has 0 saturated heterocycles. The fourth-order valence-corrected chi connectivity index (χ4v) is 4.56. The van der Waals surface area contributed by atoms with Gasteiger partial charge in [0, 0.05) is 21.6 Å². The number of thiazole rings is 1. The van der Waals surface area contributed by atoms with Gasteiger partial charge in [-0.05, 0) is 18.1 Å². The molecule has 3 nitrogen and oxygen atoms in total. The first-order valence-corrected chi connectivity index (χ1v) is 9.96. The second-order valence-electron chi connectivity index (χ2n) is 6.75. The Balaban J connectivity index is 1.48. The largest absolute Gasteiger partial charge is 0.447 e. The van der Waals surface area contributed by atoms with E-state index in [1.165, 1.54) is 11.3 Å². The molecule has 4 heteroatoms. The van der Waals surface area contributed by atoms with E-state index in [-0.39, 0.29) is 5.97 Å². The molecule has 0 N–H and O–H groups in total. The third-order valence-corrected chi connectivity index (χ3v) is 5.97. The van der Waals surface area contributed by atoms with E-state index in [2.05, 4.69) is 17.1 Å². The molecule has 1 aliphatic carbocycles. The maximum absolute atomic E-state index is 12.9. The van der Waals surface area contributed by atoms with E-state index in [1.54, 1.807) is 0 Å². The van der Waals surface area contributed by atoms with Gasteiger partial charge >= 0.3 is 5.97 Å². The molecular weight excluding hydrogens is 366 g/mol. The lowest BCUT2D eigenvalue weighted by Gasteiger charge is -2.14. The molecule has 5 rings (SSSR count). The summed E-state index contributed by atoms with van der Waals surface area (Å²) >= 11 is 1.38. The molecule has 0 atom stereocenters. The van der Waals surface area contributed by atoms with E-state index in [9.17, 15) is 4.79 Å². The summed E-state index contributed by atoms with van der Waals surface area (Å²) in [6.45, 7) is 1.98. The van der Waals surface area contributed by atoms with E-state index in [0.29, 0.717) is 5.01 Å². The number of aryl methyl sites for hydroxylation is 1. The Morgan fingerprint density at radius 3 is 2.07 bits per heavy atom. The second-order valence-corrected chi connectivity index (χ2v) is 7.95. The molecule has 1 aromatic heterocycles. The van der Waals surface area contributed by atoms with Crippen LogP contribution in [0.5, 0.6) is 0 Å². The number of esters is 1. The molecule has 136 valence electrons. The monoisotopic (exact) mass is 383 g/mol. The summed E-state index contributed by atoms with van der Waals surface area (Å²) in [5.41, 5.74) is 6.13. The first-order chi connectivity index (χ1) is 13.7. The van der Waals surface area contributed by atoms with Gasteiger partial charge in [0.2, 0.25) is 5.01 Å². The van der Waals surface area contributed by atoms with Crippen molar-refractivity contribution in [3.8, 4) is 22.4 Å². The first kappa shape index (κ1) is 16.9. The molecule has 1 heterocycles. The average Bonchev–Trinajstić information content (AvgIpc) is 3.28. The number of aromatic nitrogens is 1. The van der Waals surface area contributed by atoms with Crippen LogP contribution < -0.4 is 0 Å². The SMILES string of the molecule is Cc1sc(C(=O)OC2c3ccccc3-c3ccccc32)nc1-c1ccccc1. The van der Waals surface area contributed by atoms with E-state index >= 15 is 0 Å². The van der Waals surface area contributed by atoms with Crippen molar-refractivity contribution < 1.29 is 9.53 Å². The van der Waals surface area contributed by atoms with Crippen molar-refractivity contribution in [2.24, 2.45) is 0 Å². The van der Waals surface area contributed by atoms with Gasteiger partial charge in [-0.3, -0.25) is 0 Å². The minimum atomic E-state index is -0.399. The number of carbonyl (C=O) groups is 1. The first-order valence-electron chi connectivity index (χ1n) is 9.14. The lowest BCUT2D eigenvalue weighted by molar-refractivity contribution is 0.0385. The summed E-state index contributed by atoms with van der Waals surface area (Å²) in [7, 11) is 0. The highest BCUT2D eigenvalue weighted by molar-refractivity contribution is 7.13. The highest BCUT2D eigenvalue weighted by Crippen LogP contribution is 2.45. The maximum Gasteiger partial charge on any atom is 0.368 e. The van der Waals surface area contributed by atoms with Crippen LogP contribution in [-0.4, -0.2) is 11.0 Å². The normalized spacial score (nSPS) is 12.5.